The van der Waals surface area contributed by atoms with Gasteiger partial charge in [0, 0.05) is 36.3 Å². The smallest absolute Gasteiger partial charge is 0.180 e. The molecule has 0 fully saturated rings. The van der Waals surface area contributed by atoms with Crippen LogP contribution in [0.5, 0.6) is 0 Å². The van der Waals surface area contributed by atoms with Crippen LogP contribution in [0, 0.1) is 12.7 Å². The first-order chi connectivity index (χ1) is 14.7. The third-order valence-corrected chi connectivity index (χ3v) is 5.03. The van der Waals surface area contributed by atoms with E-state index in [2.05, 4.69) is 29.6 Å². The van der Waals surface area contributed by atoms with Crippen LogP contribution < -0.4 is 5.32 Å². The molecule has 1 N–H and O–H groups in total. The van der Waals surface area contributed by atoms with Crippen molar-refractivity contribution in [1.29, 1.82) is 0 Å². The molecule has 0 unspecified atom stereocenters. The molecule has 1 aliphatic rings. The fourth-order valence-electron chi connectivity index (χ4n) is 2.95. The number of hydrogen-bond donors (Lipinski definition) is 1. The number of nitrogens with zero attached hydrogens (tertiary/aromatic N) is 6. The molecule has 0 spiro atoms. The second-order valence-electron chi connectivity index (χ2n) is 6.38. The average Bonchev–Trinajstić information content (AvgIpc) is 3.31. The molecule has 0 atom stereocenters. The summed E-state index contributed by atoms with van der Waals surface area (Å²) in [6.07, 6.45) is 9.14. The Hall–Kier alpha value is -3.46. The van der Waals surface area contributed by atoms with Gasteiger partial charge in [-0.3, -0.25) is 14.4 Å². The minimum Gasteiger partial charge on any atom is -0.328 e. The molecule has 0 aliphatic carbocycles. The van der Waals surface area contributed by atoms with E-state index in [0.717, 1.165) is 39.0 Å². The van der Waals surface area contributed by atoms with Crippen molar-refractivity contribution in [2.24, 2.45) is 4.99 Å². The van der Waals surface area contributed by atoms with E-state index in [1.54, 1.807) is 6.07 Å². The summed E-state index contributed by atoms with van der Waals surface area (Å²) in [6, 6.07) is 5.01. The van der Waals surface area contributed by atoms with Crippen LogP contribution in [0.25, 0.3) is 11.2 Å². The molecule has 0 aromatic carbocycles. The number of imidazole rings is 1. The summed E-state index contributed by atoms with van der Waals surface area (Å²) in [4.78, 5) is 17.2. The van der Waals surface area contributed by atoms with Crippen molar-refractivity contribution in [3.05, 3.63) is 71.6 Å². The van der Waals surface area contributed by atoms with Gasteiger partial charge < -0.3 is 5.32 Å². The second kappa shape index (κ2) is 8.50. The van der Waals surface area contributed by atoms with Gasteiger partial charge in [-0.1, -0.05) is 13.8 Å². The van der Waals surface area contributed by atoms with Gasteiger partial charge in [0.1, 0.15) is 10.8 Å². The number of aliphatic imine (C=N–C) groups is 1. The van der Waals surface area contributed by atoms with E-state index in [1.807, 2.05) is 56.0 Å². The molecule has 5 heterocycles. The van der Waals surface area contributed by atoms with Gasteiger partial charge in [0.15, 0.2) is 11.5 Å². The summed E-state index contributed by atoms with van der Waals surface area (Å²) in [5, 5.41) is 4.17. The number of nitrogens with one attached hydrogen (secondary N) is 1. The third-order valence-electron chi connectivity index (χ3n) is 4.29. The van der Waals surface area contributed by atoms with E-state index in [9.17, 15) is 4.39 Å². The molecule has 4 aromatic heterocycles. The van der Waals surface area contributed by atoms with Crippen LogP contribution in [-0.2, 0) is 6.42 Å². The zero-order chi connectivity index (χ0) is 21.1. The van der Waals surface area contributed by atoms with Gasteiger partial charge in [0.2, 0.25) is 0 Å². The lowest BCUT2D eigenvalue weighted by molar-refractivity contribution is 0.619. The van der Waals surface area contributed by atoms with Crippen LogP contribution in [0.1, 0.15) is 36.6 Å². The fraction of sp³-hybridized carbons (Fsp3) is 0.190. The molecule has 5 rings (SSSR count). The zero-order valence-electron chi connectivity index (χ0n) is 16.8. The third kappa shape index (κ3) is 3.97. The number of fused-ring (bicyclic) bond motifs is 1. The topological polar surface area (TPSA) is 80.4 Å². The minimum atomic E-state index is -0.345. The van der Waals surface area contributed by atoms with Crippen molar-refractivity contribution in [3.8, 4) is 0 Å². The Balaban J connectivity index is 0.00000106. The molecule has 7 nitrogen and oxygen atoms in total. The Kier molecular flexibility index (Phi) is 5.62. The van der Waals surface area contributed by atoms with Gasteiger partial charge >= 0.3 is 0 Å². The molecule has 0 radical (unpaired) electrons. The minimum absolute atomic E-state index is 0.345. The van der Waals surface area contributed by atoms with Gasteiger partial charge in [0.25, 0.3) is 0 Å². The van der Waals surface area contributed by atoms with Gasteiger partial charge in [-0.2, -0.15) is 4.37 Å². The highest BCUT2D eigenvalue weighted by molar-refractivity contribution is 7.10. The molecule has 0 amide bonds. The highest BCUT2D eigenvalue weighted by atomic mass is 32.1. The van der Waals surface area contributed by atoms with E-state index >= 15 is 0 Å². The van der Waals surface area contributed by atoms with Crippen LogP contribution in [0.3, 0.4) is 0 Å². The zero-order valence-corrected chi connectivity index (χ0v) is 17.6. The van der Waals surface area contributed by atoms with E-state index in [-0.39, 0.29) is 5.82 Å². The average molecular weight is 422 g/mol. The summed E-state index contributed by atoms with van der Waals surface area (Å²) < 4.78 is 19.5. The Labute approximate surface area is 177 Å². The molecule has 30 heavy (non-hydrogen) atoms. The summed E-state index contributed by atoms with van der Waals surface area (Å²) in [5.74, 6) is 0.320. The maximum absolute atomic E-state index is 13.0. The molecule has 152 valence electrons. The first kappa shape index (κ1) is 19.8. The molecule has 1 aliphatic heterocycles. The van der Waals surface area contributed by atoms with E-state index in [0.29, 0.717) is 12.2 Å². The first-order valence-electron chi connectivity index (χ1n) is 9.57. The predicted molar refractivity (Wildman–Crippen MR) is 118 cm³/mol. The lowest BCUT2D eigenvalue weighted by Crippen LogP contribution is -2.02. The molecule has 4 aromatic rings. The number of allylic oxidation sites excluding steroid dienone is 1. The van der Waals surface area contributed by atoms with E-state index in [1.165, 1.54) is 23.8 Å². The van der Waals surface area contributed by atoms with Crippen molar-refractivity contribution in [3.63, 3.8) is 0 Å². The Morgan fingerprint density at radius 2 is 1.97 bits per heavy atom. The van der Waals surface area contributed by atoms with Gasteiger partial charge in [0.05, 0.1) is 29.5 Å². The van der Waals surface area contributed by atoms with Crippen molar-refractivity contribution in [1.82, 2.24) is 23.7 Å². The monoisotopic (exact) mass is 421 g/mol. The summed E-state index contributed by atoms with van der Waals surface area (Å²) in [5.41, 5.74) is 5.24. The number of pyridine rings is 1. The number of aryl methyl sites for hydroxylation is 1. The van der Waals surface area contributed by atoms with Crippen LogP contribution in [0.4, 0.5) is 15.2 Å². The van der Waals surface area contributed by atoms with Gasteiger partial charge in [-0.25, -0.2) is 14.4 Å². The Morgan fingerprint density at radius 1 is 1.13 bits per heavy atom. The van der Waals surface area contributed by atoms with Gasteiger partial charge in [-0.05, 0) is 36.7 Å². The number of hydrogen-bond acceptors (Lipinski definition) is 7. The Morgan fingerprint density at radius 3 is 2.67 bits per heavy atom. The standard InChI is InChI=1S/C19H14FN7S.C2H6/c1-11-10-27-16(12-6-21-7-12)9-23-19(27)18(24-11)25-17-5-15(26-28-17)4-14-3-2-13(20)8-22-14;1-2/h2-3,5-10H,4H2,1H3,(H,24,25);1-2H3. The van der Waals surface area contributed by atoms with E-state index < -0.39 is 0 Å². The highest BCUT2D eigenvalue weighted by Gasteiger charge is 2.15. The van der Waals surface area contributed by atoms with Crippen molar-refractivity contribution in [2.45, 2.75) is 27.2 Å². The summed E-state index contributed by atoms with van der Waals surface area (Å²) >= 11 is 1.34. The highest BCUT2D eigenvalue weighted by Crippen LogP contribution is 2.27. The maximum Gasteiger partial charge on any atom is 0.180 e. The SMILES string of the molecule is CC.Cc1cn2c(C3=CN=C3)cnc2c(Nc2cc(Cc3ccc(F)cn3)ns2)n1. The first-order valence-corrected chi connectivity index (χ1v) is 10.3. The summed E-state index contributed by atoms with van der Waals surface area (Å²) in [7, 11) is 0. The number of halogens is 1. The predicted octanol–water partition coefficient (Wildman–Crippen LogP) is 4.81. The quantitative estimate of drug-likeness (QED) is 0.500. The van der Waals surface area contributed by atoms with Crippen molar-refractivity contribution < 1.29 is 4.39 Å². The van der Waals surface area contributed by atoms with Crippen LogP contribution in [0.2, 0.25) is 0 Å². The van der Waals surface area contributed by atoms with E-state index in [4.69, 9.17) is 0 Å². The number of rotatable bonds is 5. The van der Waals surface area contributed by atoms with Crippen molar-refractivity contribution >= 4 is 39.8 Å². The van der Waals surface area contributed by atoms with Gasteiger partial charge in [-0.15, -0.1) is 0 Å². The van der Waals surface area contributed by atoms with Crippen molar-refractivity contribution in [2.75, 3.05) is 5.32 Å². The lowest BCUT2D eigenvalue weighted by atomic mass is 10.2. The number of anilines is 2. The molecular formula is C21H20FN7S. The molecular weight excluding hydrogens is 401 g/mol. The van der Waals surface area contributed by atoms with Crippen LogP contribution in [-0.4, -0.2) is 29.9 Å². The second-order valence-corrected chi connectivity index (χ2v) is 7.19. The van der Waals surface area contributed by atoms with Crippen LogP contribution >= 0.6 is 11.5 Å². The Bertz CT molecular complexity index is 1240. The maximum atomic E-state index is 13.0. The molecule has 0 bridgehead atoms. The largest absolute Gasteiger partial charge is 0.328 e. The normalized spacial score (nSPS) is 12.2. The molecule has 0 saturated heterocycles. The fourth-order valence-corrected chi connectivity index (χ4v) is 3.62. The molecule has 0 saturated carbocycles. The summed E-state index contributed by atoms with van der Waals surface area (Å²) in [6.45, 7) is 5.94. The lowest BCUT2D eigenvalue weighted by Gasteiger charge is -2.09. The van der Waals surface area contributed by atoms with Crippen LogP contribution in [0.15, 0.2) is 48.0 Å². The number of aromatic nitrogens is 5. The molecule has 9 heteroatoms.